The van der Waals surface area contributed by atoms with Crippen LogP contribution in [0.25, 0.3) is 0 Å². The van der Waals surface area contributed by atoms with E-state index in [1.807, 2.05) is 6.08 Å². The Morgan fingerprint density at radius 2 is 1.89 bits per heavy atom. The summed E-state index contributed by atoms with van der Waals surface area (Å²) < 4.78 is 6.16. The summed E-state index contributed by atoms with van der Waals surface area (Å²) in [4.78, 5) is 2.48. The van der Waals surface area contributed by atoms with Gasteiger partial charge in [-0.1, -0.05) is 6.08 Å². The van der Waals surface area contributed by atoms with E-state index in [0.29, 0.717) is 12.1 Å². The quantitative estimate of drug-likeness (QED) is 0.792. The third-order valence-electron chi connectivity index (χ3n) is 4.49. The van der Waals surface area contributed by atoms with Gasteiger partial charge in [-0.25, -0.2) is 0 Å². The molecule has 0 unspecified atom stereocenters. The van der Waals surface area contributed by atoms with E-state index >= 15 is 0 Å². The Morgan fingerprint density at radius 3 is 2.37 bits per heavy atom. The molecule has 2 saturated heterocycles. The Labute approximate surface area is 118 Å². The lowest BCUT2D eigenvalue weighted by atomic mass is 9.92. The van der Waals surface area contributed by atoms with E-state index in [0.717, 1.165) is 13.0 Å². The number of likely N-dealkylation sites (tertiary alicyclic amines) is 1. The van der Waals surface area contributed by atoms with Crippen molar-refractivity contribution in [2.75, 3.05) is 19.6 Å². The molecule has 0 aromatic rings. The minimum atomic E-state index is -0.0538. The molecule has 19 heavy (non-hydrogen) atoms. The lowest BCUT2D eigenvalue weighted by Gasteiger charge is -2.36. The fraction of sp³-hybridized carbons (Fsp3) is 0.875. The lowest BCUT2D eigenvalue weighted by Crippen LogP contribution is -2.51. The molecule has 0 spiro atoms. The summed E-state index contributed by atoms with van der Waals surface area (Å²) in [6.45, 7) is 16.0. The maximum atomic E-state index is 6.16. The van der Waals surface area contributed by atoms with Gasteiger partial charge >= 0.3 is 0 Å². The standard InChI is InChI=1S/C16H30N2O/c1-6-9-18-10-7-13(8-11-18)17-14-12-15(2,3)19-16(14,4)5/h6,13-14,17H,1,7-12H2,2-5H3/t14-/m1/s1. The van der Waals surface area contributed by atoms with Crippen LogP contribution >= 0.6 is 0 Å². The van der Waals surface area contributed by atoms with E-state index in [-0.39, 0.29) is 11.2 Å². The Bertz CT molecular complexity index is 317. The van der Waals surface area contributed by atoms with Crippen molar-refractivity contribution >= 4 is 0 Å². The molecular weight excluding hydrogens is 236 g/mol. The predicted molar refractivity (Wildman–Crippen MR) is 80.4 cm³/mol. The van der Waals surface area contributed by atoms with Gasteiger partial charge in [0.25, 0.3) is 0 Å². The van der Waals surface area contributed by atoms with Crippen molar-refractivity contribution in [3.05, 3.63) is 12.7 Å². The Morgan fingerprint density at radius 1 is 1.26 bits per heavy atom. The van der Waals surface area contributed by atoms with Crippen LogP contribution in [0.2, 0.25) is 0 Å². The van der Waals surface area contributed by atoms with Gasteiger partial charge in [0, 0.05) is 18.6 Å². The van der Waals surface area contributed by atoms with Gasteiger partial charge in [-0.2, -0.15) is 0 Å². The molecule has 2 aliphatic heterocycles. The van der Waals surface area contributed by atoms with E-state index in [4.69, 9.17) is 4.74 Å². The number of ether oxygens (including phenoxy) is 1. The molecule has 0 aromatic heterocycles. The van der Waals surface area contributed by atoms with Crippen molar-refractivity contribution < 1.29 is 4.74 Å². The monoisotopic (exact) mass is 266 g/mol. The number of nitrogens with one attached hydrogen (secondary N) is 1. The molecule has 2 rings (SSSR count). The number of hydrogen-bond acceptors (Lipinski definition) is 3. The highest BCUT2D eigenvalue weighted by atomic mass is 16.5. The normalized spacial score (nSPS) is 31.5. The van der Waals surface area contributed by atoms with Gasteiger partial charge in [-0.05, 0) is 60.0 Å². The minimum Gasteiger partial charge on any atom is -0.368 e. The maximum Gasteiger partial charge on any atom is 0.0787 e. The third-order valence-corrected chi connectivity index (χ3v) is 4.49. The Hall–Kier alpha value is -0.380. The van der Waals surface area contributed by atoms with Gasteiger partial charge in [0.2, 0.25) is 0 Å². The zero-order chi connectivity index (χ0) is 14.1. The first-order valence-corrected chi connectivity index (χ1v) is 7.62. The lowest BCUT2D eigenvalue weighted by molar-refractivity contribution is -0.0708. The number of nitrogens with zero attached hydrogens (tertiary/aromatic N) is 1. The summed E-state index contributed by atoms with van der Waals surface area (Å²) in [5.41, 5.74) is -0.0491. The van der Waals surface area contributed by atoms with Crippen LogP contribution in [0.15, 0.2) is 12.7 Å². The summed E-state index contributed by atoms with van der Waals surface area (Å²) in [6, 6.07) is 1.11. The fourth-order valence-corrected chi connectivity index (χ4v) is 3.57. The molecule has 0 aromatic carbocycles. The largest absolute Gasteiger partial charge is 0.368 e. The molecule has 0 bridgehead atoms. The van der Waals surface area contributed by atoms with Crippen molar-refractivity contribution in [3.8, 4) is 0 Å². The second-order valence-electron chi connectivity index (χ2n) is 7.25. The molecule has 2 aliphatic rings. The van der Waals surface area contributed by atoms with Crippen molar-refractivity contribution in [1.29, 1.82) is 0 Å². The average molecular weight is 266 g/mol. The molecule has 0 saturated carbocycles. The first-order chi connectivity index (χ1) is 8.82. The second-order valence-corrected chi connectivity index (χ2v) is 7.25. The van der Waals surface area contributed by atoms with Gasteiger partial charge in [-0.15, -0.1) is 6.58 Å². The smallest absolute Gasteiger partial charge is 0.0787 e. The van der Waals surface area contributed by atoms with Crippen LogP contribution in [0, 0.1) is 0 Å². The summed E-state index contributed by atoms with van der Waals surface area (Å²) in [6.07, 6.45) is 5.58. The topological polar surface area (TPSA) is 24.5 Å². The van der Waals surface area contributed by atoms with E-state index < -0.39 is 0 Å². The van der Waals surface area contributed by atoms with Crippen LogP contribution < -0.4 is 5.32 Å². The molecule has 110 valence electrons. The van der Waals surface area contributed by atoms with Gasteiger partial charge in [0.05, 0.1) is 11.2 Å². The summed E-state index contributed by atoms with van der Waals surface area (Å²) >= 11 is 0. The molecule has 0 aliphatic carbocycles. The molecule has 0 amide bonds. The zero-order valence-corrected chi connectivity index (χ0v) is 13.0. The van der Waals surface area contributed by atoms with Gasteiger partial charge in [0.1, 0.15) is 0 Å². The van der Waals surface area contributed by atoms with Crippen LogP contribution in [0.4, 0.5) is 0 Å². The van der Waals surface area contributed by atoms with Crippen molar-refractivity contribution in [1.82, 2.24) is 10.2 Å². The molecule has 0 radical (unpaired) electrons. The molecule has 2 fully saturated rings. The van der Waals surface area contributed by atoms with Crippen LogP contribution in [0.3, 0.4) is 0 Å². The van der Waals surface area contributed by atoms with E-state index in [1.165, 1.54) is 25.9 Å². The summed E-state index contributed by atoms with van der Waals surface area (Å²) in [5, 5.41) is 3.85. The number of hydrogen-bond donors (Lipinski definition) is 1. The Kier molecular flexibility index (Phi) is 4.38. The number of rotatable bonds is 4. The molecule has 3 heteroatoms. The summed E-state index contributed by atoms with van der Waals surface area (Å²) in [7, 11) is 0. The van der Waals surface area contributed by atoms with E-state index in [2.05, 4.69) is 44.5 Å². The predicted octanol–water partition coefficient (Wildman–Crippen LogP) is 2.57. The first-order valence-electron chi connectivity index (χ1n) is 7.62. The highest BCUT2D eigenvalue weighted by molar-refractivity contribution is 5.00. The highest BCUT2D eigenvalue weighted by Gasteiger charge is 2.46. The zero-order valence-electron chi connectivity index (χ0n) is 13.0. The van der Waals surface area contributed by atoms with E-state index in [9.17, 15) is 0 Å². The first kappa shape index (κ1) is 15.0. The Balaban J connectivity index is 1.84. The van der Waals surface area contributed by atoms with Crippen LogP contribution in [-0.2, 0) is 4.74 Å². The highest BCUT2D eigenvalue weighted by Crippen LogP contribution is 2.37. The third kappa shape index (κ3) is 3.80. The molecule has 1 atom stereocenters. The van der Waals surface area contributed by atoms with Gasteiger partial charge < -0.3 is 10.1 Å². The van der Waals surface area contributed by atoms with Crippen molar-refractivity contribution in [2.24, 2.45) is 0 Å². The number of piperidine rings is 1. The van der Waals surface area contributed by atoms with Gasteiger partial charge in [-0.3, -0.25) is 4.90 Å². The summed E-state index contributed by atoms with van der Waals surface area (Å²) in [5.74, 6) is 0. The molecular formula is C16H30N2O. The fourth-order valence-electron chi connectivity index (χ4n) is 3.57. The second kappa shape index (κ2) is 5.55. The molecule has 1 N–H and O–H groups in total. The maximum absolute atomic E-state index is 6.16. The molecule has 3 nitrogen and oxygen atoms in total. The van der Waals surface area contributed by atoms with E-state index in [1.54, 1.807) is 0 Å². The van der Waals surface area contributed by atoms with Crippen molar-refractivity contribution in [3.63, 3.8) is 0 Å². The van der Waals surface area contributed by atoms with Crippen molar-refractivity contribution in [2.45, 2.75) is 70.2 Å². The minimum absolute atomic E-state index is 0.00467. The average Bonchev–Trinajstić information content (AvgIpc) is 2.50. The van der Waals surface area contributed by atoms with Crippen LogP contribution in [0.1, 0.15) is 47.0 Å². The molecule has 2 heterocycles. The van der Waals surface area contributed by atoms with Gasteiger partial charge in [0.15, 0.2) is 0 Å². The van der Waals surface area contributed by atoms with Crippen LogP contribution in [0.5, 0.6) is 0 Å². The van der Waals surface area contributed by atoms with Crippen LogP contribution in [-0.4, -0.2) is 47.8 Å². The SMILES string of the molecule is C=CCN1CCC(N[C@@H]2CC(C)(C)OC2(C)C)CC1.